The van der Waals surface area contributed by atoms with E-state index in [1.165, 1.54) is 19.3 Å². The molecule has 0 aromatic carbocycles. The lowest BCUT2D eigenvalue weighted by Gasteiger charge is -2.64. The summed E-state index contributed by atoms with van der Waals surface area (Å²) in [6.45, 7) is 8.68. The smallest absolute Gasteiger partial charge is 0.0728 e. The van der Waals surface area contributed by atoms with Crippen molar-refractivity contribution in [1.29, 1.82) is 0 Å². The van der Waals surface area contributed by atoms with Crippen LogP contribution in [0.5, 0.6) is 0 Å². The minimum absolute atomic E-state index is 0.103. The van der Waals surface area contributed by atoms with E-state index in [2.05, 4.69) is 27.7 Å². The summed E-state index contributed by atoms with van der Waals surface area (Å²) in [5.74, 6) is 2.13. The van der Waals surface area contributed by atoms with Crippen molar-refractivity contribution < 1.29 is 9.84 Å². The molecule has 4 rings (SSSR count). The van der Waals surface area contributed by atoms with Gasteiger partial charge in [-0.3, -0.25) is 0 Å². The number of hydrogen-bond acceptors (Lipinski definition) is 2. The molecule has 4 unspecified atom stereocenters. The zero-order valence-corrected chi connectivity index (χ0v) is 12.3. The Balaban J connectivity index is 1.89. The van der Waals surface area contributed by atoms with Crippen LogP contribution in [0, 0.1) is 23.7 Å². The Hall–Kier alpha value is -0.0800. The second-order valence-corrected chi connectivity index (χ2v) is 7.74. The third-order valence-corrected chi connectivity index (χ3v) is 5.85. The van der Waals surface area contributed by atoms with Gasteiger partial charge < -0.3 is 9.84 Å². The summed E-state index contributed by atoms with van der Waals surface area (Å²) in [5.41, 5.74) is -0.313. The molecule has 18 heavy (non-hydrogen) atoms. The van der Waals surface area contributed by atoms with Gasteiger partial charge in [0.15, 0.2) is 0 Å². The third-order valence-electron chi connectivity index (χ3n) is 5.85. The van der Waals surface area contributed by atoms with Crippen molar-refractivity contribution in [2.75, 3.05) is 0 Å². The fourth-order valence-electron chi connectivity index (χ4n) is 5.53. The largest absolute Gasteiger partial charge is 0.389 e. The van der Waals surface area contributed by atoms with Gasteiger partial charge in [-0.25, -0.2) is 0 Å². The molecule has 4 saturated carbocycles. The first-order valence-corrected chi connectivity index (χ1v) is 7.76. The molecule has 4 aliphatic carbocycles. The molecule has 4 fully saturated rings. The minimum Gasteiger partial charge on any atom is -0.389 e. The van der Waals surface area contributed by atoms with Crippen LogP contribution in [0.2, 0.25) is 0 Å². The Kier molecular flexibility index (Phi) is 2.84. The molecule has 0 aromatic rings. The third kappa shape index (κ3) is 1.68. The molecule has 2 heteroatoms. The molecule has 1 N–H and O–H groups in total. The van der Waals surface area contributed by atoms with Crippen LogP contribution in [0.1, 0.15) is 59.8 Å². The summed E-state index contributed by atoms with van der Waals surface area (Å²) >= 11 is 0. The van der Waals surface area contributed by atoms with Crippen molar-refractivity contribution in [3.63, 3.8) is 0 Å². The first kappa shape index (κ1) is 12.9. The van der Waals surface area contributed by atoms with E-state index in [1.807, 2.05) is 0 Å². The molecule has 0 amide bonds. The van der Waals surface area contributed by atoms with E-state index in [9.17, 15) is 5.11 Å². The van der Waals surface area contributed by atoms with Crippen molar-refractivity contribution in [2.45, 2.75) is 77.1 Å². The molecule has 0 aromatic heterocycles. The average Bonchev–Trinajstić information content (AvgIpc) is 2.22. The first-order chi connectivity index (χ1) is 8.36. The quantitative estimate of drug-likeness (QED) is 0.834. The maximum absolute atomic E-state index is 11.2. The zero-order valence-electron chi connectivity index (χ0n) is 12.3. The van der Waals surface area contributed by atoms with E-state index >= 15 is 0 Å². The Morgan fingerprint density at radius 3 is 2.00 bits per heavy atom. The monoisotopic (exact) mass is 252 g/mol. The fourth-order valence-corrected chi connectivity index (χ4v) is 5.53. The molecule has 4 bridgehead atoms. The van der Waals surface area contributed by atoms with Crippen LogP contribution in [0.4, 0.5) is 0 Å². The summed E-state index contributed by atoms with van der Waals surface area (Å²) in [5, 5.41) is 11.2. The molecule has 5 atom stereocenters. The van der Waals surface area contributed by atoms with E-state index in [1.54, 1.807) is 0 Å². The topological polar surface area (TPSA) is 29.5 Å². The van der Waals surface area contributed by atoms with Crippen molar-refractivity contribution >= 4 is 0 Å². The van der Waals surface area contributed by atoms with Crippen LogP contribution in [0.25, 0.3) is 0 Å². The molecule has 2 nitrogen and oxygen atoms in total. The van der Waals surface area contributed by atoms with Gasteiger partial charge >= 0.3 is 0 Å². The molecular weight excluding hydrogens is 224 g/mol. The number of ether oxygens (including phenoxy) is 1. The fraction of sp³-hybridized carbons (Fsp3) is 1.00. The van der Waals surface area contributed by atoms with Gasteiger partial charge in [0.25, 0.3) is 0 Å². The van der Waals surface area contributed by atoms with Gasteiger partial charge in [-0.15, -0.1) is 0 Å². The summed E-state index contributed by atoms with van der Waals surface area (Å²) < 4.78 is 6.31. The van der Waals surface area contributed by atoms with Gasteiger partial charge in [0.1, 0.15) is 0 Å². The van der Waals surface area contributed by atoms with Crippen LogP contribution >= 0.6 is 0 Å². The van der Waals surface area contributed by atoms with Crippen LogP contribution in [-0.4, -0.2) is 22.4 Å². The molecule has 0 saturated heterocycles. The molecule has 0 radical (unpaired) electrons. The molecule has 104 valence electrons. The Morgan fingerprint density at radius 1 is 1.00 bits per heavy atom. The normalized spacial score (nSPS) is 50.5. The summed E-state index contributed by atoms with van der Waals surface area (Å²) in [4.78, 5) is 0. The van der Waals surface area contributed by atoms with Crippen molar-refractivity contribution in [1.82, 2.24) is 0 Å². The Bertz CT molecular complexity index is 314. The summed E-state index contributed by atoms with van der Waals surface area (Å²) in [6, 6.07) is 0. The van der Waals surface area contributed by atoms with Gasteiger partial charge in [-0.2, -0.15) is 0 Å². The highest BCUT2D eigenvalue weighted by Crippen LogP contribution is 2.62. The Morgan fingerprint density at radius 2 is 1.56 bits per heavy atom. The number of aliphatic hydroxyl groups is 1. The molecule has 0 spiro atoms. The van der Waals surface area contributed by atoms with Crippen LogP contribution < -0.4 is 0 Å². The van der Waals surface area contributed by atoms with Crippen molar-refractivity contribution in [3.8, 4) is 0 Å². The highest BCUT2D eigenvalue weighted by molar-refractivity contribution is 5.13. The standard InChI is InChI=1S/C16H28O2/c1-10(2)16(17)13-5-12-6-14(16)9-15(7-12,8-13)18-11(3)4/h10-14,17H,5-9H2,1-4H3/t12?,13-,14?,15?,16?/m1/s1. The van der Waals surface area contributed by atoms with Crippen LogP contribution in [0.3, 0.4) is 0 Å². The maximum atomic E-state index is 11.2. The van der Waals surface area contributed by atoms with Crippen molar-refractivity contribution in [3.05, 3.63) is 0 Å². The zero-order chi connectivity index (χ0) is 13.1. The van der Waals surface area contributed by atoms with E-state index in [-0.39, 0.29) is 5.60 Å². The second-order valence-electron chi connectivity index (χ2n) is 7.74. The molecule has 0 aliphatic heterocycles. The van der Waals surface area contributed by atoms with Crippen LogP contribution in [0.15, 0.2) is 0 Å². The Labute approximate surface area is 111 Å². The van der Waals surface area contributed by atoms with E-state index in [0.717, 1.165) is 18.8 Å². The molecule has 4 aliphatic rings. The highest BCUT2D eigenvalue weighted by Gasteiger charge is 2.63. The predicted octanol–water partition coefficient (Wildman–Crippen LogP) is 3.38. The SMILES string of the molecule is CC(C)OC12CC3CC(C1)C(O)(C(C)C)[C@H](C3)C2. The van der Waals surface area contributed by atoms with Gasteiger partial charge in [0.05, 0.1) is 17.3 Å². The lowest BCUT2D eigenvalue weighted by atomic mass is 9.46. The van der Waals surface area contributed by atoms with Gasteiger partial charge in [-0.1, -0.05) is 13.8 Å². The maximum Gasteiger partial charge on any atom is 0.0728 e. The average molecular weight is 252 g/mol. The predicted molar refractivity (Wildman–Crippen MR) is 72.3 cm³/mol. The number of hydrogen-bond donors (Lipinski definition) is 1. The minimum atomic E-state index is -0.416. The van der Waals surface area contributed by atoms with E-state index < -0.39 is 5.60 Å². The molecular formula is C16H28O2. The summed E-state index contributed by atoms with van der Waals surface area (Å²) in [7, 11) is 0. The lowest BCUT2D eigenvalue weighted by molar-refractivity contribution is -0.262. The van der Waals surface area contributed by atoms with E-state index in [0.29, 0.717) is 23.9 Å². The first-order valence-electron chi connectivity index (χ1n) is 7.76. The second kappa shape index (κ2) is 3.96. The molecule has 0 heterocycles. The summed E-state index contributed by atoms with van der Waals surface area (Å²) in [6.07, 6.45) is 6.20. The van der Waals surface area contributed by atoms with Crippen molar-refractivity contribution in [2.24, 2.45) is 23.7 Å². The van der Waals surface area contributed by atoms with Crippen LogP contribution in [-0.2, 0) is 4.74 Å². The van der Waals surface area contributed by atoms with Gasteiger partial charge in [-0.05, 0) is 69.6 Å². The highest BCUT2D eigenvalue weighted by atomic mass is 16.5. The number of rotatable bonds is 3. The lowest BCUT2D eigenvalue weighted by Crippen LogP contribution is -2.66. The van der Waals surface area contributed by atoms with E-state index in [4.69, 9.17) is 4.74 Å². The van der Waals surface area contributed by atoms with Gasteiger partial charge in [0.2, 0.25) is 0 Å². The van der Waals surface area contributed by atoms with Gasteiger partial charge in [0, 0.05) is 0 Å².